The smallest absolute Gasteiger partial charge is 0.145 e. The average molecular weight is 324 g/mol. The number of methoxy groups -OCH3 is 1. The molecule has 4 heterocycles. The van der Waals surface area contributed by atoms with Crippen LogP contribution in [0.2, 0.25) is 0 Å². The van der Waals surface area contributed by atoms with Crippen LogP contribution >= 0.6 is 0 Å². The van der Waals surface area contributed by atoms with Crippen LogP contribution in [-0.4, -0.2) is 51.7 Å². The molecule has 0 spiro atoms. The minimum atomic E-state index is 0.330. The SMILES string of the molecule is COC[C@@H]1C[C@@H](Nc2cncc(-c3cnc4ccccn34)n2)CN1. The summed E-state index contributed by atoms with van der Waals surface area (Å²) in [5, 5.41) is 6.90. The maximum Gasteiger partial charge on any atom is 0.145 e. The van der Waals surface area contributed by atoms with Crippen LogP contribution in [0, 0.1) is 0 Å². The highest BCUT2D eigenvalue weighted by Gasteiger charge is 2.24. The van der Waals surface area contributed by atoms with Crippen molar-refractivity contribution >= 4 is 11.5 Å². The Balaban J connectivity index is 1.54. The van der Waals surface area contributed by atoms with Gasteiger partial charge in [-0.15, -0.1) is 0 Å². The molecule has 3 aromatic heterocycles. The second kappa shape index (κ2) is 6.54. The molecule has 0 aromatic carbocycles. The second-order valence-corrected chi connectivity index (χ2v) is 6.00. The molecule has 124 valence electrons. The fourth-order valence-electron chi connectivity index (χ4n) is 3.15. The molecular weight excluding hydrogens is 304 g/mol. The van der Waals surface area contributed by atoms with Crippen LogP contribution in [0.25, 0.3) is 17.0 Å². The lowest BCUT2D eigenvalue weighted by molar-refractivity contribution is 0.173. The van der Waals surface area contributed by atoms with Crippen LogP contribution in [0.1, 0.15) is 6.42 Å². The molecule has 7 nitrogen and oxygen atoms in total. The van der Waals surface area contributed by atoms with E-state index >= 15 is 0 Å². The Hall–Kier alpha value is -2.51. The highest BCUT2D eigenvalue weighted by atomic mass is 16.5. The van der Waals surface area contributed by atoms with Gasteiger partial charge in [0.25, 0.3) is 0 Å². The third-order valence-electron chi connectivity index (χ3n) is 4.26. The Labute approximate surface area is 140 Å². The van der Waals surface area contributed by atoms with Crippen LogP contribution in [0.5, 0.6) is 0 Å². The molecule has 0 saturated carbocycles. The number of imidazole rings is 1. The molecule has 1 fully saturated rings. The lowest BCUT2D eigenvalue weighted by atomic mass is 10.2. The van der Waals surface area contributed by atoms with Gasteiger partial charge in [0.15, 0.2) is 0 Å². The molecule has 1 saturated heterocycles. The number of hydrogen-bond donors (Lipinski definition) is 2. The summed E-state index contributed by atoms with van der Waals surface area (Å²) in [4.78, 5) is 13.4. The standard InChI is InChI=1S/C17H20N6O/c1-24-11-13-6-12(7-19-13)21-16-10-18-8-14(22-16)15-9-20-17-4-2-3-5-23(15)17/h2-5,8-10,12-13,19H,6-7,11H2,1H3,(H,21,22)/t12-,13+/m1/s1. The highest BCUT2D eigenvalue weighted by Crippen LogP contribution is 2.20. The van der Waals surface area contributed by atoms with Gasteiger partial charge in [-0.25, -0.2) is 9.97 Å². The van der Waals surface area contributed by atoms with Crippen molar-refractivity contribution in [3.05, 3.63) is 43.0 Å². The Morgan fingerprint density at radius 3 is 3.21 bits per heavy atom. The topological polar surface area (TPSA) is 76.4 Å². The molecule has 24 heavy (non-hydrogen) atoms. The third-order valence-corrected chi connectivity index (χ3v) is 4.26. The summed E-state index contributed by atoms with van der Waals surface area (Å²) in [6, 6.07) is 6.64. The van der Waals surface area contributed by atoms with E-state index < -0.39 is 0 Å². The van der Waals surface area contributed by atoms with E-state index in [2.05, 4.69) is 20.6 Å². The summed E-state index contributed by atoms with van der Waals surface area (Å²) >= 11 is 0. The number of nitrogens with zero attached hydrogens (tertiary/aromatic N) is 4. The van der Waals surface area contributed by atoms with Crippen molar-refractivity contribution in [1.29, 1.82) is 0 Å². The molecule has 1 aliphatic rings. The van der Waals surface area contributed by atoms with Crippen molar-refractivity contribution in [3.63, 3.8) is 0 Å². The highest BCUT2D eigenvalue weighted by molar-refractivity contribution is 5.60. The van der Waals surface area contributed by atoms with Gasteiger partial charge in [-0.2, -0.15) is 0 Å². The van der Waals surface area contributed by atoms with Crippen molar-refractivity contribution < 1.29 is 4.74 Å². The Morgan fingerprint density at radius 1 is 1.33 bits per heavy atom. The molecule has 3 aromatic rings. The molecule has 0 radical (unpaired) electrons. The van der Waals surface area contributed by atoms with Crippen LogP contribution in [-0.2, 0) is 4.74 Å². The number of pyridine rings is 1. The van der Waals surface area contributed by atoms with Crippen molar-refractivity contribution in [2.24, 2.45) is 0 Å². The quantitative estimate of drug-likeness (QED) is 0.742. The van der Waals surface area contributed by atoms with Crippen molar-refractivity contribution in [3.8, 4) is 11.4 Å². The largest absolute Gasteiger partial charge is 0.383 e. The summed E-state index contributed by atoms with van der Waals surface area (Å²) in [6.07, 6.45) is 8.35. The number of anilines is 1. The lowest BCUT2D eigenvalue weighted by Gasteiger charge is -2.13. The second-order valence-electron chi connectivity index (χ2n) is 6.00. The van der Waals surface area contributed by atoms with E-state index in [9.17, 15) is 0 Å². The molecule has 0 aliphatic carbocycles. The number of nitrogens with one attached hydrogen (secondary N) is 2. The molecule has 7 heteroatoms. The summed E-state index contributed by atoms with van der Waals surface area (Å²) in [6.45, 7) is 1.63. The van der Waals surface area contributed by atoms with Gasteiger partial charge >= 0.3 is 0 Å². The predicted octanol–water partition coefficient (Wildman–Crippen LogP) is 1.58. The first-order chi connectivity index (χ1) is 11.8. The zero-order valence-electron chi connectivity index (χ0n) is 13.5. The van der Waals surface area contributed by atoms with Crippen LogP contribution in [0.4, 0.5) is 5.82 Å². The van der Waals surface area contributed by atoms with Gasteiger partial charge in [0.05, 0.1) is 30.9 Å². The molecular formula is C17H20N6O. The fourth-order valence-corrected chi connectivity index (χ4v) is 3.15. The summed E-state index contributed by atoms with van der Waals surface area (Å²) in [7, 11) is 1.73. The summed E-state index contributed by atoms with van der Waals surface area (Å²) in [5.74, 6) is 0.781. The van der Waals surface area contributed by atoms with Crippen molar-refractivity contribution in [2.75, 3.05) is 25.6 Å². The summed E-state index contributed by atoms with van der Waals surface area (Å²) < 4.78 is 7.22. The number of rotatable bonds is 5. The van der Waals surface area contributed by atoms with Crippen LogP contribution in [0.15, 0.2) is 43.0 Å². The van der Waals surface area contributed by atoms with E-state index in [1.54, 1.807) is 19.5 Å². The van der Waals surface area contributed by atoms with E-state index in [0.29, 0.717) is 12.1 Å². The van der Waals surface area contributed by atoms with E-state index in [1.807, 2.05) is 35.0 Å². The van der Waals surface area contributed by atoms with Gasteiger partial charge in [-0.1, -0.05) is 6.07 Å². The first kappa shape index (κ1) is 15.0. The average Bonchev–Trinajstić information content (AvgIpc) is 3.22. The number of aromatic nitrogens is 4. The minimum Gasteiger partial charge on any atom is -0.383 e. The van der Waals surface area contributed by atoms with Crippen molar-refractivity contribution in [2.45, 2.75) is 18.5 Å². The zero-order chi connectivity index (χ0) is 16.4. The molecule has 2 N–H and O–H groups in total. The van der Waals surface area contributed by atoms with E-state index in [4.69, 9.17) is 9.72 Å². The van der Waals surface area contributed by atoms with Gasteiger partial charge in [-0.05, 0) is 18.6 Å². The van der Waals surface area contributed by atoms with Crippen molar-refractivity contribution in [1.82, 2.24) is 24.7 Å². The van der Waals surface area contributed by atoms with E-state index in [-0.39, 0.29) is 0 Å². The Kier molecular flexibility index (Phi) is 4.10. The number of hydrogen-bond acceptors (Lipinski definition) is 6. The van der Waals surface area contributed by atoms with Crippen LogP contribution in [0.3, 0.4) is 0 Å². The molecule has 0 bridgehead atoms. The zero-order valence-corrected chi connectivity index (χ0v) is 13.5. The normalized spacial score (nSPS) is 20.5. The maximum atomic E-state index is 5.21. The molecule has 4 rings (SSSR count). The lowest BCUT2D eigenvalue weighted by Crippen LogP contribution is -2.26. The predicted molar refractivity (Wildman–Crippen MR) is 91.9 cm³/mol. The summed E-state index contributed by atoms with van der Waals surface area (Å²) in [5.41, 5.74) is 2.64. The Morgan fingerprint density at radius 2 is 2.29 bits per heavy atom. The first-order valence-corrected chi connectivity index (χ1v) is 8.07. The van der Waals surface area contributed by atoms with Gasteiger partial charge in [0.2, 0.25) is 0 Å². The molecule has 0 unspecified atom stereocenters. The molecule has 0 amide bonds. The third kappa shape index (κ3) is 2.95. The number of ether oxygens (including phenoxy) is 1. The molecule has 2 atom stereocenters. The van der Waals surface area contributed by atoms with Gasteiger partial charge in [0, 0.05) is 31.9 Å². The maximum absolute atomic E-state index is 5.21. The van der Waals surface area contributed by atoms with Gasteiger partial charge < -0.3 is 15.4 Å². The van der Waals surface area contributed by atoms with Crippen LogP contribution < -0.4 is 10.6 Å². The minimum absolute atomic E-state index is 0.330. The van der Waals surface area contributed by atoms with Gasteiger partial charge in [-0.3, -0.25) is 9.38 Å². The number of fused-ring (bicyclic) bond motifs is 1. The fraction of sp³-hybridized carbons (Fsp3) is 0.353. The van der Waals surface area contributed by atoms with E-state index in [0.717, 1.165) is 42.4 Å². The van der Waals surface area contributed by atoms with E-state index in [1.165, 1.54) is 0 Å². The van der Waals surface area contributed by atoms with Gasteiger partial charge in [0.1, 0.15) is 17.2 Å². The molecule has 1 aliphatic heterocycles. The Bertz CT molecular complexity index is 833. The monoisotopic (exact) mass is 324 g/mol. The first-order valence-electron chi connectivity index (χ1n) is 8.07.